The van der Waals surface area contributed by atoms with E-state index in [0.717, 1.165) is 24.1 Å². The van der Waals surface area contributed by atoms with Crippen LogP contribution in [0.3, 0.4) is 0 Å². The largest absolute Gasteiger partial charge is 0.481 e. The van der Waals surface area contributed by atoms with E-state index >= 15 is 0 Å². The number of allylic oxidation sites excluding steroid dienone is 2. The maximum absolute atomic E-state index is 10.8. The highest BCUT2D eigenvalue weighted by Crippen LogP contribution is 2.30. The Balaban J connectivity index is 2.16. The molecule has 1 aromatic carbocycles. The molecule has 0 aromatic heterocycles. The number of hydrogen-bond acceptors (Lipinski definition) is 2. The predicted molar refractivity (Wildman–Crippen MR) is 63.8 cm³/mol. The van der Waals surface area contributed by atoms with Gasteiger partial charge in [0, 0.05) is 5.69 Å². The van der Waals surface area contributed by atoms with Crippen molar-refractivity contribution in [3.63, 3.8) is 0 Å². The van der Waals surface area contributed by atoms with E-state index in [0.29, 0.717) is 6.42 Å². The molecule has 2 rings (SSSR count). The zero-order chi connectivity index (χ0) is 11.5. The molecule has 0 spiro atoms. The minimum Gasteiger partial charge on any atom is -0.481 e. The summed E-state index contributed by atoms with van der Waals surface area (Å²) in [5, 5.41) is 8.89. The first-order valence-electron chi connectivity index (χ1n) is 5.44. The molecule has 1 aliphatic carbocycles. The molecule has 84 valence electrons. The molecule has 0 radical (unpaired) electrons. The molecule has 1 unspecified atom stereocenters. The van der Waals surface area contributed by atoms with Crippen LogP contribution in [-0.4, -0.2) is 11.1 Å². The minimum absolute atomic E-state index is 0.218. The molecule has 3 nitrogen and oxygen atoms in total. The van der Waals surface area contributed by atoms with Crippen LogP contribution < -0.4 is 5.73 Å². The van der Waals surface area contributed by atoms with E-state index < -0.39 is 5.97 Å². The smallest absolute Gasteiger partial charge is 0.306 e. The summed E-state index contributed by atoms with van der Waals surface area (Å²) in [6.45, 7) is 0. The van der Waals surface area contributed by atoms with Crippen LogP contribution in [0.25, 0.3) is 5.57 Å². The van der Waals surface area contributed by atoms with Crippen molar-refractivity contribution < 1.29 is 9.90 Å². The number of hydrogen-bond donors (Lipinski definition) is 2. The Hall–Kier alpha value is -1.77. The van der Waals surface area contributed by atoms with Gasteiger partial charge in [-0.1, -0.05) is 18.2 Å². The molecule has 16 heavy (non-hydrogen) atoms. The van der Waals surface area contributed by atoms with Crippen molar-refractivity contribution in [2.75, 3.05) is 5.73 Å². The lowest BCUT2D eigenvalue weighted by atomic mass is 9.86. The van der Waals surface area contributed by atoms with Crippen LogP contribution in [0.4, 0.5) is 5.69 Å². The second kappa shape index (κ2) is 4.39. The third kappa shape index (κ3) is 2.24. The number of anilines is 1. The maximum Gasteiger partial charge on any atom is 0.306 e. The number of carbonyl (C=O) groups is 1. The average molecular weight is 217 g/mol. The molecule has 0 saturated heterocycles. The van der Waals surface area contributed by atoms with E-state index in [1.165, 1.54) is 5.57 Å². The van der Waals surface area contributed by atoms with Gasteiger partial charge in [-0.25, -0.2) is 0 Å². The summed E-state index contributed by atoms with van der Waals surface area (Å²) >= 11 is 0. The van der Waals surface area contributed by atoms with E-state index in [1.54, 1.807) is 0 Å². The quantitative estimate of drug-likeness (QED) is 0.748. The molecule has 0 saturated carbocycles. The van der Waals surface area contributed by atoms with Crippen molar-refractivity contribution in [1.82, 2.24) is 0 Å². The third-order valence-corrected chi connectivity index (χ3v) is 3.02. The Morgan fingerprint density at radius 2 is 2.25 bits per heavy atom. The molecule has 1 atom stereocenters. The maximum atomic E-state index is 10.8. The van der Waals surface area contributed by atoms with Gasteiger partial charge in [-0.3, -0.25) is 4.79 Å². The lowest BCUT2D eigenvalue weighted by molar-refractivity contribution is -0.141. The topological polar surface area (TPSA) is 63.3 Å². The van der Waals surface area contributed by atoms with Gasteiger partial charge in [0.1, 0.15) is 0 Å². The highest BCUT2D eigenvalue weighted by molar-refractivity contribution is 5.74. The van der Waals surface area contributed by atoms with Crippen LogP contribution in [0.2, 0.25) is 0 Å². The van der Waals surface area contributed by atoms with Gasteiger partial charge in [0.15, 0.2) is 0 Å². The van der Waals surface area contributed by atoms with Crippen LogP contribution in [0.5, 0.6) is 0 Å². The van der Waals surface area contributed by atoms with Gasteiger partial charge in [-0.15, -0.1) is 0 Å². The summed E-state index contributed by atoms with van der Waals surface area (Å²) < 4.78 is 0. The zero-order valence-corrected chi connectivity index (χ0v) is 9.02. The summed E-state index contributed by atoms with van der Waals surface area (Å²) in [5.41, 5.74) is 8.80. The van der Waals surface area contributed by atoms with E-state index in [4.69, 9.17) is 10.8 Å². The molecule has 0 aliphatic heterocycles. The number of carboxylic acids is 1. The van der Waals surface area contributed by atoms with Crippen LogP contribution in [0, 0.1) is 5.92 Å². The number of nitrogens with two attached hydrogens (primary N) is 1. The number of rotatable bonds is 2. The number of carboxylic acid groups (broad SMARTS) is 1. The molecular weight excluding hydrogens is 202 g/mol. The molecule has 0 fully saturated rings. The predicted octanol–water partition coefficient (Wildman–Crippen LogP) is 2.54. The second-order valence-electron chi connectivity index (χ2n) is 4.16. The normalized spacial score (nSPS) is 20.2. The Kier molecular flexibility index (Phi) is 2.95. The van der Waals surface area contributed by atoms with Crippen LogP contribution in [0.1, 0.15) is 24.8 Å². The van der Waals surface area contributed by atoms with Gasteiger partial charge in [-0.05, 0) is 42.5 Å². The van der Waals surface area contributed by atoms with Crippen LogP contribution in [-0.2, 0) is 4.79 Å². The SMILES string of the molecule is Nc1cccc(C2=CCC(C(=O)O)CC2)c1. The average Bonchev–Trinajstić information content (AvgIpc) is 2.29. The Bertz CT molecular complexity index is 437. The Morgan fingerprint density at radius 3 is 2.81 bits per heavy atom. The highest BCUT2D eigenvalue weighted by atomic mass is 16.4. The molecule has 3 heteroatoms. The van der Waals surface area contributed by atoms with Gasteiger partial charge < -0.3 is 10.8 Å². The first-order valence-corrected chi connectivity index (χ1v) is 5.44. The summed E-state index contributed by atoms with van der Waals surface area (Å²) in [4.78, 5) is 10.8. The van der Waals surface area contributed by atoms with Crippen molar-refractivity contribution in [3.8, 4) is 0 Å². The third-order valence-electron chi connectivity index (χ3n) is 3.02. The van der Waals surface area contributed by atoms with Crippen LogP contribution in [0.15, 0.2) is 30.3 Å². The van der Waals surface area contributed by atoms with Gasteiger partial charge >= 0.3 is 5.97 Å². The molecule has 3 N–H and O–H groups in total. The molecule has 0 bridgehead atoms. The lowest BCUT2D eigenvalue weighted by Gasteiger charge is -2.18. The first-order chi connectivity index (χ1) is 7.66. The highest BCUT2D eigenvalue weighted by Gasteiger charge is 2.20. The zero-order valence-electron chi connectivity index (χ0n) is 9.02. The fraction of sp³-hybridized carbons (Fsp3) is 0.308. The molecule has 0 heterocycles. The van der Waals surface area contributed by atoms with Gasteiger partial charge in [0.25, 0.3) is 0 Å². The van der Waals surface area contributed by atoms with Crippen molar-refractivity contribution >= 4 is 17.2 Å². The molecule has 1 aromatic rings. The fourth-order valence-electron chi connectivity index (χ4n) is 2.06. The van der Waals surface area contributed by atoms with E-state index in [-0.39, 0.29) is 5.92 Å². The Labute approximate surface area is 94.6 Å². The molecule has 0 amide bonds. The van der Waals surface area contributed by atoms with Crippen molar-refractivity contribution in [1.29, 1.82) is 0 Å². The van der Waals surface area contributed by atoms with E-state index in [2.05, 4.69) is 0 Å². The fourth-order valence-corrected chi connectivity index (χ4v) is 2.06. The lowest BCUT2D eigenvalue weighted by Crippen LogP contribution is -2.15. The van der Waals surface area contributed by atoms with Crippen LogP contribution >= 0.6 is 0 Å². The molecule has 1 aliphatic rings. The van der Waals surface area contributed by atoms with E-state index in [1.807, 2.05) is 30.3 Å². The summed E-state index contributed by atoms with van der Waals surface area (Å²) in [7, 11) is 0. The van der Waals surface area contributed by atoms with Crippen molar-refractivity contribution in [3.05, 3.63) is 35.9 Å². The summed E-state index contributed by atoms with van der Waals surface area (Å²) in [5.74, 6) is -0.910. The monoisotopic (exact) mass is 217 g/mol. The minimum atomic E-state index is -0.692. The molecular formula is C13H15NO2. The number of nitrogen functional groups attached to an aromatic ring is 1. The van der Waals surface area contributed by atoms with Gasteiger partial charge in [-0.2, -0.15) is 0 Å². The number of aliphatic carboxylic acids is 1. The van der Waals surface area contributed by atoms with Crippen molar-refractivity contribution in [2.24, 2.45) is 5.92 Å². The Morgan fingerprint density at radius 1 is 1.44 bits per heavy atom. The summed E-state index contributed by atoms with van der Waals surface area (Å²) in [6, 6.07) is 7.73. The standard InChI is InChI=1S/C13H15NO2/c14-12-3-1-2-11(8-12)9-4-6-10(7-5-9)13(15)16/h1-4,8,10H,5-7,14H2,(H,15,16). The van der Waals surface area contributed by atoms with E-state index in [9.17, 15) is 4.79 Å². The van der Waals surface area contributed by atoms with Crippen molar-refractivity contribution in [2.45, 2.75) is 19.3 Å². The second-order valence-corrected chi connectivity index (χ2v) is 4.16. The summed E-state index contributed by atoms with van der Waals surface area (Å²) in [6.07, 6.45) is 4.19. The first kappa shape index (κ1) is 10.7. The van der Waals surface area contributed by atoms with Gasteiger partial charge in [0.2, 0.25) is 0 Å². The number of benzene rings is 1. The van der Waals surface area contributed by atoms with Gasteiger partial charge in [0.05, 0.1) is 5.92 Å².